The van der Waals surface area contributed by atoms with Gasteiger partial charge in [0.2, 0.25) is 0 Å². The maximum Gasteiger partial charge on any atom is 0.358 e. The number of benzene rings is 2. The molecule has 0 fully saturated rings. The fourth-order valence-electron chi connectivity index (χ4n) is 2.57. The third kappa shape index (κ3) is 4.58. The quantitative estimate of drug-likeness (QED) is 0.548. The highest BCUT2D eigenvalue weighted by Crippen LogP contribution is 2.19. The molecule has 0 saturated heterocycles. The van der Waals surface area contributed by atoms with E-state index in [1.54, 1.807) is 18.3 Å². The zero-order valence-corrected chi connectivity index (χ0v) is 16.5. The number of ether oxygens (including phenoxy) is 2. The van der Waals surface area contributed by atoms with Gasteiger partial charge in [0, 0.05) is 11.8 Å². The molecule has 0 aliphatic heterocycles. The molecule has 0 spiro atoms. The van der Waals surface area contributed by atoms with Gasteiger partial charge in [-0.2, -0.15) is 5.10 Å². The number of carbonyl (C=O) groups excluding carboxylic acids is 2. The molecule has 3 rings (SSSR count). The van der Waals surface area contributed by atoms with Crippen LogP contribution in [0.3, 0.4) is 0 Å². The highest BCUT2D eigenvalue weighted by Gasteiger charge is 2.21. The maximum atomic E-state index is 12.6. The van der Waals surface area contributed by atoms with Crippen LogP contribution in [-0.2, 0) is 31.3 Å². The zero-order chi connectivity index (χ0) is 20.8. The van der Waals surface area contributed by atoms with Crippen molar-refractivity contribution >= 4 is 23.0 Å². The molecule has 0 amide bonds. The first-order chi connectivity index (χ1) is 14.0. The second-order valence-corrected chi connectivity index (χ2v) is 6.90. The highest BCUT2D eigenvalue weighted by atomic mass is 32.2. The van der Waals surface area contributed by atoms with E-state index in [9.17, 15) is 13.8 Å². The third-order valence-electron chi connectivity index (χ3n) is 3.98. The summed E-state index contributed by atoms with van der Waals surface area (Å²) in [6, 6.07) is 15.5. The normalized spacial score (nSPS) is 11.7. The van der Waals surface area contributed by atoms with Gasteiger partial charge in [-0.1, -0.05) is 30.3 Å². The summed E-state index contributed by atoms with van der Waals surface area (Å²) < 4.78 is 29.1. The first-order valence-corrected chi connectivity index (χ1v) is 9.57. The van der Waals surface area contributed by atoms with Crippen molar-refractivity contribution in [1.29, 1.82) is 0 Å². The molecule has 0 aliphatic carbocycles. The molecule has 1 heterocycles. The van der Waals surface area contributed by atoms with Crippen molar-refractivity contribution in [3.05, 3.63) is 77.6 Å². The fraction of sp³-hybridized carbons (Fsp3) is 0.150. The summed E-state index contributed by atoms with van der Waals surface area (Å²) in [5.41, 5.74) is 1.32. The van der Waals surface area contributed by atoms with Crippen molar-refractivity contribution in [3.63, 3.8) is 0 Å². The van der Waals surface area contributed by atoms with Crippen molar-refractivity contribution in [3.8, 4) is 5.69 Å². The predicted molar refractivity (Wildman–Crippen MR) is 104 cm³/mol. The van der Waals surface area contributed by atoms with Gasteiger partial charge in [-0.05, 0) is 24.3 Å². The van der Waals surface area contributed by atoms with Gasteiger partial charge in [0.05, 0.1) is 37.0 Å². The SMILES string of the molecule is COC(=O)c1ccccc1S(=O)OCc1cn(-c2ccccc2)nc1C(=O)OC. The standard InChI is InChI=1S/C20H18N2O6S/c1-26-19(23)16-10-6-7-11-17(16)29(25)28-13-14-12-22(15-8-4-3-5-9-15)21-18(14)20(24)27-2/h3-12H,13H2,1-2H3. The lowest BCUT2D eigenvalue weighted by Gasteiger charge is -2.07. The van der Waals surface area contributed by atoms with E-state index in [4.69, 9.17) is 13.7 Å². The third-order valence-corrected chi connectivity index (χ3v) is 5.03. The van der Waals surface area contributed by atoms with Crippen LogP contribution in [0.4, 0.5) is 0 Å². The average Bonchev–Trinajstić information content (AvgIpc) is 3.21. The van der Waals surface area contributed by atoms with Crippen LogP contribution in [0.2, 0.25) is 0 Å². The van der Waals surface area contributed by atoms with Crippen LogP contribution < -0.4 is 0 Å². The van der Waals surface area contributed by atoms with Crippen molar-refractivity contribution in [2.45, 2.75) is 11.5 Å². The fourth-order valence-corrected chi connectivity index (χ4v) is 3.45. The van der Waals surface area contributed by atoms with Crippen molar-refractivity contribution in [2.75, 3.05) is 14.2 Å². The Bertz CT molecular complexity index is 1050. The number of methoxy groups -OCH3 is 2. The van der Waals surface area contributed by atoms with Crippen LogP contribution >= 0.6 is 0 Å². The van der Waals surface area contributed by atoms with Crippen LogP contribution in [0.25, 0.3) is 5.69 Å². The van der Waals surface area contributed by atoms with E-state index in [1.807, 2.05) is 30.3 Å². The second kappa shape index (κ2) is 9.26. The summed E-state index contributed by atoms with van der Waals surface area (Å²) in [6.45, 7) is -0.181. The minimum Gasteiger partial charge on any atom is -0.465 e. The Hall–Kier alpha value is -3.30. The summed E-state index contributed by atoms with van der Waals surface area (Å²) in [7, 11) is 2.49. The smallest absolute Gasteiger partial charge is 0.358 e. The van der Waals surface area contributed by atoms with Crippen molar-refractivity contribution in [1.82, 2.24) is 9.78 Å². The zero-order valence-electron chi connectivity index (χ0n) is 15.7. The van der Waals surface area contributed by atoms with E-state index in [0.29, 0.717) is 5.56 Å². The Balaban J connectivity index is 1.85. The Morgan fingerprint density at radius 2 is 1.62 bits per heavy atom. The van der Waals surface area contributed by atoms with Gasteiger partial charge >= 0.3 is 11.9 Å². The molecule has 0 aliphatic rings. The first-order valence-electron chi connectivity index (χ1n) is 8.49. The van der Waals surface area contributed by atoms with Gasteiger partial charge in [0.15, 0.2) is 16.8 Å². The number of para-hydroxylation sites is 1. The van der Waals surface area contributed by atoms with E-state index in [-0.39, 0.29) is 22.8 Å². The molecule has 29 heavy (non-hydrogen) atoms. The lowest BCUT2D eigenvalue weighted by molar-refractivity contribution is 0.0585. The van der Waals surface area contributed by atoms with Gasteiger partial charge in [-0.25, -0.2) is 18.5 Å². The number of rotatable bonds is 7. The minimum atomic E-state index is -1.97. The van der Waals surface area contributed by atoms with Crippen molar-refractivity contribution in [2.24, 2.45) is 0 Å². The van der Waals surface area contributed by atoms with E-state index in [2.05, 4.69) is 5.10 Å². The lowest BCUT2D eigenvalue weighted by Crippen LogP contribution is -2.10. The number of aromatic nitrogens is 2. The predicted octanol–water partition coefficient (Wildman–Crippen LogP) is 2.68. The van der Waals surface area contributed by atoms with E-state index >= 15 is 0 Å². The Labute approximate surface area is 169 Å². The molecule has 0 radical (unpaired) electrons. The summed E-state index contributed by atoms with van der Waals surface area (Å²) in [5.74, 6) is -1.26. The first kappa shape index (κ1) is 20.4. The molecule has 9 heteroatoms. The molecular weight excluding hydrogens is 396 g/mol. The second-order valence-electron chi connectivity index (χ2n) is 5.76. The molecule has 3 aromatic rings. The number of hydrogen-bond acceptors (Lipinski definition) is 7. The Kier molecular flexibility index (Phi) is 6.53. The lowest BCUT2D eigenvalue weighted by atomic mass is 10.2. The molecule has 2 aromatic carbocycles. The van der Waals surface area contributed by atoms with Crippen LogP contribution in [0.1, 0.15) is 26.4 Å². The number of hydrogen-bond donors (Lipinski definition) is 0. The minimum absolute atomic E-state index is 0.0506. The van der Waals surface area contributed by atoms with Crippen molar-refractivity contribution < 1.29 is 27.5 Å². The molecule has 1 unspecified atom stereocenters. The van der Waals surface area contributed by atoms with Gasteiger partial charge < -0.3 is 9.47 Å². The number of carbonyl (C=O) groups is 2. The van der Waals surface area contributed by atoms with Gasteiger partial charge in [-0.3, -0.25) is 4.18 Å². The van der Waals surface area contributed by atoms with E-state index in [0.717, 1.165) is 5.69 Å². The molecular formula is C20H18N2O6S. The van der Waals surface area contributed by atoms with Crippen LogP contribution in [0.15, 0.2) is 65.7 Å². The molecule has 8 nitrogen and oxygen atoms in total. The molecule has 150 valence electrons. The average molecular weight is 414 g/mol. The molecule has 0 bridgehead atoms. The van der Waals surface area contributed by atoms with Crippen LogP contribution in [-0.4, -0.2) is 40.1 Å². The van der Waals surface area contributed by atoms with Gasteiger partial charge in [-0.15, -0.1) is 0 Å². The van der Waals surface area contributed by atoms with Crippen LogP contribution in [0.5, 0.6) is 0 Å². The Morgan fingerprint density at radius 3 is 2.31 bits per heavy atom. The van der Waals surface area contributed by atoms with E-state index < -0.39 is 23.0 Å². The molecule has 0 N–H and O–H groups in total. The van der Waals surface area contributed by atoms with Crippen LogP contribution in [0, 0.1) is 0 Å². The summed E-state index contributed by atoms with van der Waals surface area (Å²) >= 11 is -1.97. The van der Waals surface area contributed by atoms with E-state index in [1.165, 1.54) is 31.0 Å². The highest BCUT2D eigenvalue weighted by molar-refractivity contribution is 7.80. The largest absolute Gasteiger partial charge is 0.465 e. The number of nitrogens with zero attached hydrogens (tertiary/aromatic N) is 2. The number of esters is 2. The topological polar surface area (TPSA) is 96.7 Å². The summed E-state index contributed by atoms with van der Waals surface area (Å²) in [4.78, 5) is 24.1. The van der Waals surface area contributed by atoms with Gasteiger partial charge in [0.25, 0.3) is 0 Å². The molecule has 0 saturated carbocycles. The molecule has 1 atom stereocenters. The summed E-state index contributed by atoms with van der Waals surface area (Å²) in [6.07, 6.45) is 1.60. The monoisotopic (exact) mass is 414 g/mol. The maximum absolute atomic E-state index is 12.6. The Morgan fingerprint density at radius 1 is 0.966 bits per heavy atom. The van der Waals surface area contributed by atoms with Gasteiger partial charge in [0.1, 0.15) is 0 Å². The summed E-state index contributed by atoms with van der Waals surface area (Å²) in [5, 5.41) is 4.25. The molecule has 1 aromatic heterocycles.